The van der Waals surface area contributed by atoms with E-state index < -0.39 is 0 Å². The number of benzene rings is 1. The highest BCUT2D eigenvalue weighted by Gasteiger charge is 2.04. The summed E-state index contributed by atoms with van der Waals surface area (Å²) in [6, 6.07) is 5.90. The smallest absolute Gasteiger partial charge is 0.144 e. The van der Waals surface area contributed by atoms with Crippen LogP contribution in [0.5, 0.6) is 5.75 Å². The van der Waals surface area contributed by atoms with Crippen LogP contribution in [-0.2, 0) is 0 Å². The molecule has 0 radical (unpaired) electrons. The zero-order chi connectivity index (χ0) is 14.8. The molecule has 0 heterocycles. The minimum atomic E-state index is 0.642. The molecule has 0 bridgehead atoms. The molecule has 114 valence electrons. The Morgan fingerprint density at radius 1 is 1.15 bits per heavy atom. The van der Waals surface area contributed by atoms with Crippen molar-refractivity contribution in [3.8, 4) is 5.75 Å². The van der Waals surface area contributed by atoms with E-state index in [2.05, 4.69) is 19.2 Å². The standard InChI is InChI=1S/C17H30N2O/c1-4-20-16-12-9-11-15(17(16)18)19-13-8-6-5-7-10-14(2)3/h9,11-12,14,19H,4-8,10,13,18H2,1-3H3. The van der Waals surface area contributed by atoms with Crippen molar-refractivity contribution in [1.82, 2.24) is 0 Å². The van der Waals surface area contributed by atoms with Gasteiger partial charge in [-0.15, -0.1) is 0 Å². The minimum Gasteiger partial charge on any atom is -0.492 e. The van der Waals surface area contributed by atoms with Gasteiger partial charge in [-0.3, -0.25) is 0 Å². The fourth-order valence-electron chi connectivity index (χ4n) is 2.23. The lowest BCUT2D eigenvalue weighted by molar-refractivity contribution is 0.342. The van der Waals surface area contributed by atoms with Crippen LogP contribution in [0, 0.1) is 5.92 Å². The predicted molar refractivity (Wildman–Crippen MR) is 88.4 cm³/mol. The zero-order valence-corrected chi connectivity index (χ0v) is 13.2. The number of para-hydroxylation sites is 1. The SMILES string of the molecule is CCOc1cccc(NCCCCCCC(C)C)c1N. The maximum Gasteiger partial charge on any atom is 0.144 e. The van der Waals surface area contributed by atoms with E-state index in [1.54, 1.807) is 0 Å². The minimum absolute atomic E-state index is 0.642. The number of nitrogen functional groups attached to an aromatic ring is 1. The van der Waals surface area contributed by atoms with Crippen LogP contribution < -0.4 is 15.8 Å². The summed E-state index contributed by atoms with van der Waals surface area (Å²) in [5.74, 6) is 1.60. The van der Waals surface area contributed by atoms with Crippen LogP contribution in [0.25, 0.3) is 0 Å². The summed E-state index contributed by atoms with van der Waals surface area (Å²) in [6.07, 6.45) is 6.49. The summed E-state index contributed by atoms with van der Waals surface area (Å²) in [7, 11) is 0. The Morgan fingerprint density at radius 2 is 1.90 bits per heavy atom. The van der Waals surface area contributed by atoms with Gasteiger partial charge in [0.25, 0.3) is 0 Å². The molecule has 3 N–H and O–H groups in total. The molecule has 0 unspecified atom stereocenters. The van der Waals surface area contributed by atoms with Crippen molar-refractivity contribution in [2.45, 2.75) is 52.9 Å². The third-order valence-electron chi connectivity index (χ3n) is 3.39. The first-order chi connectivity index (χ1) is 9.65. The highest BCUT2D eigenvalue weighted by Crippen LogP contribution is 2.29. The molecule has 1 aromatic rings. The van der Waals surface area contributed by atoms with Crippen LogP contribution in [0.4, 0.5) is 11.4 Å². The molecule has 1 rings (SSSR count). The molecular weight excluding hydrogens is 248 g/mol. The lowest BCUT2D eigenvalue weighted by Crippen LogP contribution is -2.06. The van der Waals surface area contributed by atoms with Crippen LogP contribution in [0.15, 0.2) is 18.2 Å². The van der Waals surface area contributed by atoms with Crippen LogP contribution in [0.2, 0.25) is 0 Å². The Kier molecular flexibility index (Phi) is 7.93. The molecule has 0 fully saturated rings. The van der Waals surface area contributed by atoms with Gasteiger partial charge in [0, 0.05) is 6.54 Å². The van der Waals surface area contributed by atoms with Gasteiger partial charge in [-0.25, -0.2) is 0 Å². The van der Waals surface area contributed by atoms with Gasteiger partial charge in [-0.1, -0.05) is 45.6 Å². The second kappa shape index (κ2) is 9.51. The van der Waals surface area contributed by atoms with E-state index in [1.807, 2.05) is 25.1 Å². The van der Waals surface area contributed by atoms with Crippen molar-refractivity contribution in [2.24, 2.45) is 5.92 Å². The summed E-state index contributed by atoms with van der Waals surface area (Å²) < 4.78 is 5.49. The molecule has 0 aliphatic heterocycles. The first-order valence-corrected chi connectivity index (χ1v) is 7.90. The van der Waals surface area contributed by atoms with Gasteiger partial charge >= 0.3 is 0 Å². The highest BCUT2D eigenvalue weighted by atomic mass is 16.5. The first kappa shape index (κ1) is 16.7. The molecule has 0 saturated carbocycles. The van der Waals surface area contributed by atoms with Crippen LogP contribution in [0.3, 0.4) is 0 Å². The number of unbranched alkanes of at least 4 members (excludes halogenated alkanes) is 3. The van der Waals surface area contributed by atoms with Crippen molar-refractivity contribution in [3.05, 3.63) is 18.2 Å². The quantitative estimate of drug-likeness (QED) is 0.482. The molecule has 0 amide bonds. The largest absolute Gasteiger partial charge is 0.492 e. The summed E-state index contributed by atoms with van der Waals surface area (Å²) in [5, 5.41) is 3.41. The van der Waals surface area contributed by atoms with Gasteiger partial charge in [0.15, 0.2) is 0 Å². The highest BCUT2D eigenvalue weighted by molar-refractivity contribution is 5.72. The van der Waals surface area contributed by atoms with Gasteiger partial charge in [-0.05, 0) is 31.4 Å². The summed E-state index contributed by atoms with van der Waals surface area (Å²) in [4.78, 5) is 0. The Balaban J connectivity index is 2.23. The number of hydrogen-bond donors (Lipinski definition) is 2. The van der Waals surface area contributed by atoms with Crippen molar-refractivity contribution in [2.75, 3.05) is 24.2 Å². The van der Waals surface area contributed by atoms with E-state index >= 15 is 0 Å². The average molecular weight is 278 g/mol. The van der Waals surface area contributed by atoms with Gasteiger partial charge in [0.1, 0.15) is 5.75 Å². The van der Waals surface area contributed by atoms with Gasteiger partial charge in [0.05, 0.1) is 18.0 Å². The average Bonchev–Trinajstić information content (AvgIpc) is 2.41. The lowest BCUT2D eigenvalue weighted by atomic mass is 10.0. The summed E-state index contributed by atoms with van der Waals surface area (Å²) in [5.41, 5.74) is 7.78. The van der Waals surface area contributed by atoms with E-state index in [0.717, 1.165) is 23.9 Å². The third-order valence-corrected chi connectivity index (χ3v) is 3.39. The number of nitrogens with two attached hydrogens (primary N) is 1. The predicted octanol–water partition coefficient (Wildman–Crippen LogP) is 4.69. The Bertz CT molecular complexity index is 377. The van der Waals surface area contributed by atoms with Gasteiger partial charge in [0.2, 0.25) is 0 Å². The lowest BCUT2D eigenvalue weighted by Gasteiger charge is -2.13. The molecule has 0 aromatic heterocycles. The van der Waals surface area contributed by atoms with E-state index in [1.165, 1.54) is 32.1 Å². The molecule has 0 spiro atoms. The van der Waals surface area contributed by atoms with Crippen LogP contribution in [-0.4, -0.2) is 13.2 Å². The maximum absolute atomic E-state index is 6.08. The molecule has 3 heteroatoms. The number of hydrogen-bond acceptors (Lipinski definition) is 3. The molecule has 1 aromatic carbocycles. The molecule has 0 aliphatic rings. The number of nitrogens with one attached hydrogen (secondary N) is 1. The molecule has 20 heavy (non-hydrogen) atoms. The van der Waals surface area contributed by atoms with Crippen molar-refractivity contribution < 1.29 is 4.74 Å². The van der Waals surface area contributed by atoms with E-state index in [0.29, 0.717) is 12.3 Å². The van der Waals surface area contributed by atoms with E-state index in [-0.39, 0.29) is 0 Å². The second-order valence-electron chi connectivity index (χ2n) is 5.67. The zero-order valence-electron chi connectivity index (χ0n) is 13.2. The topological polar surface area (TPSA) is 47.3 Å². The molecule has 0 aliphatic carbocycles. The maximum atomic E-state index is 6.08. The molecule has 0 atom stereocenters. The Morgan fingerprint density at radius 3 is 2.60 bits per heavy atom. The van der Waals surface area contributed by atoms with Gasteiger partial charge < -0.3 is 15.8 Å². The van der Waals surface area contributed by atoms with E-state index in [4.69, 9.17) is 10.5 Å². The fraction of sp³-hybridized carbons (Fsp3) is 0.647. The number of anilines is 2. The van der Waals surface area contributed by atoms with Crippen LogP contribution in [0.1, 0.15) is 52.9 Å². The normalized spacial score (nSPS) is 10.8. The second-order valence-corrected chi connectivity index (χ2v) is 5.67. The number of ether oxygens (including phenoxy) is 1. The monoisotopic (exact) mass is 278 g/mol. The summed E-state index contributed by atoms with van der Waals surface area (Å²) >= 11 is 0. The Labute approximate surface area is 123 Å². The molecular formula is C17H30N2O. The van der Waals surface area contributed by atoms with Crippen molar-refractivity contribution in [3.63, 3.8) is 0 Å². The van der Waals surface area contributed by atoms with Crippen molar-refractivity contribution >= 4 is 11.4 Å². The first-order valence-electron chi connectivity index (χ1n) is 7.90. The van der Waals surface area contributed by atoms with E-state index in [9.17, 15) is 0 Å². The third kappa shape index (κ3) is 6.18. The van der Waals surface area contributed by atoms with Crippen LogP contribution >= 0.6 is 0 Å². The van der Waals surface area contributed by atoms with Crippen molar-refractivity contribution in [1.29, 1.82) is 0 Å². The number of rotatable bonds is 10. The summed E-state index contributed by atoms with van der Waals surface area (Å²) in [6.45, 7) is 8.16. The molecule has 0 saturated heterocycles. The van der Waals surface area contributed by atoms with Gasteiger partial charge in [-0.2, -0.15) is 0 Å². The fourth-order valence-corrected chi connectivity index (χ4v) is 2.23. The molecule has 3 nitrogen and oxygen atoms in total. The Hall–Kier alpha value is -1.38.